The van der Waals surface area contributed by atoms with Gasteiger partial charge >= 0.3 is 11.9 Å². The number of aliphatic hydroxyl groups excluding tert-OH is 2. The molecule has 0 aliphatic heterocycles. The van der Waals surface area contributed by atoms with E-state index in [2.05, 4.69) is 11.0 Å². The van der Waals surface area contributed by atoms with Crippen LogP contribution in [0.1, 0.15) is 54.5 Å². The molecule has 0 fully saturated rings. The van der Waals surface area contributed by atoms with Crippen LogP contribution in [0.3, 0.4) is 0 Å². The maximum Gasteiger partial charge on any atom is 0.328 e. The Balaban J connectivity index is 2.25. The maximum absolute atomic E-state index is 13.3. The van der Waals surface area contributed by atoms with Crippen LogP contribution in [0.15, 0.2) is 36.4 Å². The van der Waals surface area contributed by atoms with Gasteiger partial charge in [0, 0.05) is 6.54 Å². The van der Waals surface area contributed by atoms with E-state index in [4.69, 9.17) is 14.2 Å². The monoisotopic (exact) mass is 515 g/mol. The Bertz CT molecular complexity index is 1020. The molecule has 0 aliphatic rings. The highest BCUT2D eigenvalue weighted by Gasteiger charge is 2.50. The van der Waals surface area contributed by atoms with Crippen LogP contribution in [0.5, 0.6) is 5.75 Å². The Hall–Kier alpha value is -2.94. The van der Waals surface area contributed by atoms with Crippen LogP contribution in [-0.4, -0.2) is 67.5 Å². The summed E-state index contributed by atoms with van der Waals surface area (Å²) >= 11 is 0. The summed E-state index contributed by atoms with van der Waals surface area (Å²) in [5, 5.41) is 19.4. The van der Waals surface area contributed by atoms with E-state index in [1.807, 2.05) is 26.1 Å². The van der Waals surface area contributed by atoms with E-state index in [1.165, 1.54) is 5.56 Å². The molecule has 0 heterocycles. The summed E-state index contributed by atoms with van der Waals surface area (Å²) in [4.78, 5) is 28.9. The Labute approximate surface area is 220 Å². The number of nitrogens with zero attached hydrogens (tertiary/aromatic N) is 1. The number of aryl methyl sites for hydroxylation is 1. The molecule has 8 nitrogen and oxygen atoms in total. The summed E-state index contributed by atoms with van der Waals surface area (Å²) in [6.07, 6.45) is 1.54. The average molecular weight is 516 g/mol. The third kappa shape index (κ3) is 7.53. The Morgan fingerprint density at radius 2 is 1.57 bits per heavy atom. The highest BCUT2D eigenvalue weighted by atomic mass is 16.6. The summed E-state index contributed by atoms with van der Waals surface area (Å²) in [6, 6.07) is 11.0. The maximum atomic E-state index is 13.3. The second-order valence-corrected chi connectivity index (χ2v) is 9.11. The molecule has 37 heavy (non-hydrogen) atoms. The highest BCUT2D eigenvalue weighted by Crippen LogP contribution is 2.35. The number of carbonyl (C=O) groups excluding carboxylic acids is 2. The summed E-state index contributed by atoms with van der Waals surface area (Å²) in [7, 11) is 3.67. The Morgan fingerprint density at radius 3 is 2.14 bits per heavy atom. The molecule has 2 aromatic carbocycles. The van der Waals surface area contributed by atoms with Gasteiger partial charge in [0.15, 0.2) is 5.41 Å². The van der Waals surface area contributed by atoms with Crippen molar-refractivity contribution in [3.05, 3.63) is 64.2 Å². The number of carbonyl (C=O) groups is 2. The van der Waals surface area contributed by atoms with E-state index < -0.39 is 17.4 Å². The number of aliphatic hydroxyl groups is 2. The lowest BCUT2D eigenvalue weighted by Crippen LogP contribution is -2.47. The average Bonchev–Trinajstić information content (AvgIpc) is 2.90. The van der Waals surface area contributed by atoms with Gasteiger partial charge in [0.05, 0.1) is 33.5 Å². The van der Waals surface area contributed by atoms with Crippen LogP contribution >= 0.6 is 0 Å². The lowest BCUT2D eigenvalue weighted by Gasteiger charge is -2.31. The normalized spacial score (nSPS) is 11.5. The fourth-order valence-electron chi connectivity index (χ4n) is 4.43. The molecule has 2 N–H and O–H groups in total. The molecule has 0 aliphatic carbocycles. The molecule has 0 aromatic heterocycles. The van der Waals surface area contributed by atoms with Crippen molar-refractivity contribution in [2.24, 2.45) is 0 Å². The predicted octanol–water partition coefficient (Wildman–Crippen LogP) is 3.31. The number of hydrogen-bond donors (Lipinski definition) is 2. The van der Waals surface area contributed by atoms with Crippen molar-refractivity contribution in [3.63, 3.8) is 0 Å². The largest absolute Gasteiger partial charge is 0.496 e. The van der Waals surface area contributed by atoms with Gasteiger partial charge in [0.25, 0.3) is 0 Å². The molecule has 0 amide bonds. The van der Waals surface area contributed by atoms with Crippen molar-refractivity contribution < 1.29 is 34.0 Å². The van der Waals surface area contributed by atoms with E-state index >= 15 is 0 Å². The molecule has 0 saturated heterocycles. The summed E-state index contributed by atoms with van der Waals surface area (Å²) in [5.41, 5.74) is 1.95. The zero-order valence-electron chi connectivity index (χ0n) is 22.7. The fourth-order valence-corrected chi connectivity index (χ4v) is 4.43. The molecule has 0 bridgehead atoms. The lowest BCUT2D eigenvalue weighted by molar-refractivity contribution is -0.165. The molecule has 0 atom stereocenters. The van der Waals surface area contributed by atoms with Crippen molar-refractivity contribution in [1.82, 2.24) is 4.90 Å². The Morgan fingerprint density at radius 1 is 0.919 bits per heavy atom. The SMILES string of the molecule is CCOC(=O)C(CCCN(C)CCc1ccc(C)c(OC)c1)(C(=O)OCC)c1ccc(CO)c(CO)c1. The Kier molecular flexibility index (Phi) is 12.0. The van der Waals surface area contributed by atoms with Crippen LogP contribution in [-0.2, 0) is 44.1 Å². The van der Waals surface area contributed by atoms with Crippen LogP contribution in [0, 0.1) is 6.92 Å². The highest BCUT2D eigenvalue weighted by molar-refractivity contribution is 6.06. The van der Waals surface area contributed by atoms with E-state index in [-0.39, 0.29) is 32.8 Å². The smallest absolute Gasteiger partial charge is 0.328 e. The minimum Gasteiger partial charge on any atom is -0.496 e. The second kappa shape index (κ2) is 14.7. The summed E-state index contributed by atoms with van der Waals surface area (Å²) in [5.74, 6) is -0.491. The van der Waals surface area contributed by atoms with E-state index in [0.717, 1.165) is 24.3 Å². The number of esters is 2. The minimum absolute atomic E-state index is 0.113. The quantitative estimate of drug-likeness (QED) is 0.275. The molecule has 8 heteroatoms. The third-order valence-electron chi connectivity index (χ3n) is 6.63. The number of hydrogen-bond acceptors (Lipinski definition) is 8. The van der Waals surface area contributed by atoms with Gasteiger partial charge in [-0.25, -0.2) is 0 Å². The zero-order chi connectivity index (χ0) is 27.4. The molecule has 0 radical (unpaired) electrons. The first kappa shape index (κ1) is 30.3. The molecule has 2 rings (SSSR count). The van der Waals surface area contributed by atoms with Gasteiger partial charge in [-0.15, -0.1) is 0 Å². The summed E-state index contributed by atoms with van der Waals surface area (Å²) in [6.45, 7) is 6.45. The van der Waals surface area contributed by atoms with Crippen LogP contribution in [0.4, 0.5) is 0 Å². The first-order valence-electron chi connectivity index (χ1n) is 12.8. The van der Waals surface area contributed by atoms with Crippen molar-refractivity contribution in [2.45, 2.75) is 58.7 Å². The zero-order valence-corrected chi connectivity index (χ0v) is 22.7. The number of methoxy groups -OCH3 is 1. The van der Waals surface area contributed by atoms with Crippen LogP contribution in [0.2, 0.25) is 0 Å². The second-order valence-electron chi connectivity index (χ2n) is 9.11. The van der Waals surface area contributed by atoms with Gasteiger partial charge in [-0.05, 0) is 87.5 Å². The van der Waals surface area contributed by atoms with Crippen molar-refractivity contribution in [2.75, 3.05) is 40.5 Å². The van der Waals surface area contributed by atoms with Crippen molar-refractivity contribution in [3.8, 4) is 5.75 Å². The number of benzene rings is 2. The van der Waals surface area contributed by atoms with Crippen LogP contribution in [0.25, 0.3) is 0 Å². The van der Waals surface area contributed by atoms with E-state index in [9.17, 15) is 19.8 Å². The standard InChI is InChI=1S/C29H41NO7/c1-6-36-27(33)29(28(34)37-7-2,25-12-11-23(19-31)24(18-25)20-32)14-8-15-30(4)16-13-22-10-9-21(3)26(17-22)35-5/h9-12,17-18,31-32H,6-8,13-16,19-20H2,1-5H3. The number of likely N-dealkylation sites (N-methyl/N-ethyl adjacent to an activating group) is 1. The van der Waals surface area contributed by atoms with Gasteiger partial charge in [-0.3, -0.25) is 9.59 Å². The molecule has 0 saturated carbocycles. The fraction of sp³-hybridized carbons (Fsp3) is 0.517. The van der Waals surface area contributed by atoms with Crippen LogP contribution < -0.4 is 4.74 Å². The van der Waals surface area contributed by atoms with Crippen molar-refractivity contribution >= 4 is 11.9 Å². The molecule has 204 valence electrons. The lowest BCUT2D eigenvalue weighted by atomic mass is 9.75. The minimum atomic E-state index is -1.67. The van der Waals surface area contributed by atoms with Crippen molar-refractivity contribution in [1.29, 1.82) is 0 Å². The molecule has 2 aromatic rings. The molecule has 0 unspecified atom stereocenters. The third-order valence-corrected chi connectivity index (χ3v) is 6.63. The van der Waals surface area contributed by atoms with Gasteiger partial charge in [-0.2, -0.15) is 0 Å². The first-order valence-corrected chi connectivity index (χ1v) is 12.8. The van der Waals surface area contributed by atoms with Gasteiger partial charge < -0.3 is 29.3 Å². The number of rotatable bonds is 15. The number of ether oxygens (including phenoxy) is 3. The van der Waals surface area contributed by atoms with Gasteiger partial charge in [0.1, 0.15) is 5.75 Å². The molecular weight excluding hydrogens is 474 g/mol. The van der Waals surface area contributed by atoms with E-state index in [0.29, 0.717) is 29.7 Å². The van der Waals surface area contributed by atoms with E-state index in [1.54, 1.807) is 39.2 Å². The van der Waals surface area contributed by atoms with Gasteiger partial charge in [0.2, 0.25) is 0 Å². The first-order chi connectivity index (χ1) is 17.8. The summed E-state index contributed by atoms with van der Waals surface area (Å²) < 4.78 is 16.2. The topological polar surface area (TPSA) is 106 Å². The molecular formula is C29H41NO7. The predicted molar refractivity (Wildman–Crippen MR) is 141 cm³/mol. The molecule has 0 spiro atoms. The van der Waals surface area contributed by atoms with Gasteiger partial charge in [-0.1, -0.05) is 30.3 Å².